The van der Waals surface area contributed by atoms with Crippen LogP contribution in [0.2, 0.25) is 0 Å². The smallest absolute Gasteiger partial charge is 0.245 e. The van der Waals surface area contributed by atoms with Crippen molar-refractivity contribution in [2.75, 3.05) is 46.2 Å². The average Bonchev–Trinajstić information content (AvgIpc) is 3.24. The number of rotatable bonds is 5. The number of benzene rings is 1. The van der Waals surface area contributed by atoms with Crippen LogP contribution in [0.1, 0.15) is 11.6 Å². The van der Waals surface area contributed by atoms with Gasteiger partial charge in [0.1, 0.15) is 0 Å². The zero-order valence-corrected chi connectivity index (χ0v) is 18.6. The number of ether oxygens (including phenoxy) is 1. The Morgan fingerprint density at radius 1 is 1.00 bits per heavy atom. The summed E-state index contributed by atoms with van der Waals surface area (Å²) in [6.45, 7) is 3.18. The second-order valence-electron chi connectivity index (χ2n) is 8.24. The maximum absolute atomic E-state index is 5.17. The molecule has 3 aromatic heterocycles. The van der Waals surface area contributed by atoms with Crippen molar-refractivity contribution < 1.29 is 4.74 Å². The van der Waals surface area contributed by atoms with Crippen LogP contribution in [-0.2, 0) is 0 Å². The molecule has 0 spiro atoms. The molecule has 0 saturated carbocycles. The zero-order chi connectivity index (χ0) is 22.1. The second-order valence-corrected chi connectivity index (χ2v) is 8.24. The highest BCUT2D eigenvalue weighted by atomic mass is 16.5. The van der Waals surface area contributed by atoms with Crippen LogP contribution in [0.5, 0.6) is 5.88 Å². The highest BCUT2D eigenvalue weighted by molar-refractivity contribution is 5.66. The van der Waals surface area contributed by atoms with Crippen LogP contribution in [-0.4, -0.2) is 70.2 Å². The SMILES string of the molecule is COc1ccc(-c2ccc3cnc(Nc4cccc(C5CN(C)CCN5C)c4)nn23)cn1. The molecule has 0 aliphatic carbocycles. The van der Waals surface area contributed by atoms with Gasteiger partial charge in [-0.25, -0.2) is 14.5 Å². The topological polar surface area (TPSA) is 70.8 Å². The number of nitrogens with one attached hydrogen (secondary N) is 1. The predicted molar refractivity (Wildman–Crippen MR) is 125 cm³/mol. The van der Waals surface area contributed by atoms with E-state index in [9.17, 15) is 0 Å². The van der Waals surface area contributed by atoms with Gasteiger partial charge in [0.05, 0.1) is 24.5 Å². The van der Waals surface area contributed by atoms with E-state index in [-0.39, 0.29) is 0 Å². The zero-order valence-electron chi connectivity index (χ0n) is 18.6. The number of aromatic nitrogens is 4. The van der Waals surface area contributed by atoms with Crippen LogP contribution < -0.4 is 10.1 Å². The van der Waals surface area contributed by atoms with E-state index < -0.39 is 0 Å². The minimum atomic E-state index is 0.373. The molecule has 1 atom stereocenters. The Hall–Kier alpha value is -3.49. The maximum atomic E-state index is 5.17. The van der Waals surface area contributed by atoms with E-state index in [1.807, 2.05) is 41.0 Å². The van der Waals surface area contributed by atoms with Crippen molar-refractivity contribution in [3.8, 4) is 17.1 Å². The molecule has 8 nitrogen and oxygen atoms in total. The molecule has 4 aromatic rings. The quantitative estimate of drug-likeness (QED) is 0.521. The number of likely N-dealkylation sites (N-methyl/N-ethyl adjacent to an activating group) is 2. The summed E-state index contributed by atoms with van der Waals surface area (Å²) in [6.07, 6.45) is 3.61. The Labute approximate surface area is 187 Å². The number of methoxy groups -OCH3 is 1. The van der Waals surface area contributed by atoms with Gasteiger partial charge in [-0.3, -0.25) is 4.90 Å². The van der Waals surface area contributed by atoms with E-state index in [2.05, 4.69) is 57.4 Å². The summed E-state index contributed by atoms with van der Waals surface area (Å²) < 4.78 is 7.05. The third-order valence-electron chi connectivity index (χ3n) is 6.02. The molecule has 0 radical (unpaired) electrons. The van der Waals surface area contributed by atoms with Crippen LogP contribution in [0.3, 0.4) is 0 Å². The fourth-order valence-electron chi connectivity index (χ4n) is 4.15. The van der Waals surface area contributed by atoms with Gasteiger partial charge in [-0.1, -0.05) is 12.1 Å². The molecule has 1 N–H and O–H groups in total. The van der Waals surface area contributed by atoms with Gasteiger partial charge >= 0.3 is 0 Å². The highest BCUT2D eigenvalue weighted by Crippen LogP contribution is 2.27. The van der Waals surface area contributed by atoms with Crippen LogP contribution in [0.15, 0.2) is 60.9 Å². The first kappa shape index (κ1) is 20.4. The van der Waals surface area contributed by atoms with Crippen LogP contribution in [0.4, 0.5) is 11.6 Å². The average molecular weight is 430 g/mol. The first-order valence-electron chi connectivity index (χ1n) is 10.7. The molecule has 1 unspecified atom stereocenters. The number of anilines is 2. The third kappa shape index (κ3) is 4.02. The molecular formula is C24H27N7O. The lowest BCUT2D eigenvalue weighted by Gasteiger charge is -2.38. The van der Waals surface area contributed by atoms with E-state index in [0.717, 1.165) is 42.1 Å². The van der Waals surface area contributed by atoms with Crippen LogP contribution in [0, 0.1) is 0 Å². The minimum absolute atomic E-state index is 0.373. The van der Waals surface area contributed by atoms with Gasteiger partial charge in [-0.15, -0.1) is 5.10 Å². The van der Waals surface area contributed by atoms with Crippen molar-refractivity contribution in [2.24, 2.45) is 0 Å². The lowest BCUT2D eigenvalue weighted by molar-refractivity contribution is 0.115. The number of nitrogens with zero attached hydrogens (tertiary/aromatic N) is 6. The van der Waals surface area contributed by atoms with E-state index in [1.54, 1.807) is 13.3 Å². The largest absolute Gasteiger partial charge is 0.481 e. The number of pyridine rings is 1. The summed E-state index contributed by atoms with van der Waals surface area (Å²) in [5, 5.41) is 8.11. The molecule has 4 heterocycles. The fraction of sp³-hybridized carbons (Fsp3) is 0.292. The van der Waals surface area contributed by atoms with Gasteiger partial charge in [0, 0.05) is 49.2 Å². The van der Waals surface area contributed by atoms with Crippen LogP contribution in [0.25, 0.3) is 16.8 Å². The molecule has 0 amide bonds. The Morgan fingerprint density at radius 2 is 1.91 bits per heavy atom. The fourth-order valence-corrected chi connectivity index (χ4v) is 4.15. The number of hydrogen-bond acceptors (Lipinski definition) is 7. The minimum Gasteiger partial charge on any atom is -0.481 e. The lowest BCUT2D eigenvalue weighted by atomic mass is 10.0. The Kier molecular flexibility index (Phi) is 5.46. The second kappa shape index (κ2) is 8.57. The first-order chi connectivity index (χ1) is 15.6. The van der Waals surface area contributed by atoms with Crippen molar-refractivity contribution in [1.82, 2.24) is 29.4 Å². The summed E-state index contributed by atoms with van der Waals surface area (Å²) in [4.78, 5) is 13.6. The van der Waals surface area contributed by atoms with Crippen molar-refractivity contribution >= 4 is 17.2 Å². The number of piperazine rings is 1. The van der Waals surface area contributed by atoms with Crippen molar-refractivity contribution in [3.05, 3.63) is 66.5 Å². The molecule has 5 rings (SSSR count). The molecule has 164 valence electrons. The number of hydrogen-bond donors (Lipinski definition) is 1. The normalized spacial score (nSPS) is 17.5. The summed E-state index contributed by atoms with van der Waals surface area (Å²) in [5.41, 5.74) is 5.09. The highest BCUT2D eigenvalue weighted by Gasteiger charge is 2.23. The molecule has 1 fully saturated rings. The molecule has 1 aliphatic heterocycles. The maximum Gasteiger partial charge on any atom is 0.245 e. The molecule has 1 aliphatic rings. The van der Waals surface area contributed by atoms with Gasteiger partial charge in [0.15, 0.2) is 0 Å². The van der Waals surface area contributed by atoms with E-state index in [4.69, 9.17) is 9.84 Å². The van der Waals surface area contributed by atoms with Gasteiger partial charge in [-0.2, -0.15) is 0 Å². The molecule has 1 aromatic carbocycles. The van der Waals surface area contributed by atoms with Gasteiger partial charge < -0.3 is 15.0 Å². The lowest BCUT2D eigenvalue weighted by Crippen LogP contribution is -2.44. The Morgan fingerprint density at radius 3 is 2.72 bits per heavy atom. The van der Waals surface area contributed by atoms with Gasteiger partial charge in [0.2, 0.25) is 11.8 Å². The molecular weight excluding hydrogens is 402 g/mol. The van der Waals surface area contributed by atoms with E-state index in [0.29, 0.717) is 17.9 Å². The molecule has 0 bridgehead atoms. The Bertz CT molecular complexity index is 1220. The molecule has 1 saturated heterocycles. The van der Waals surface area contributed by atoms with Crippen molar-refractivity contribution in [1.29, 1.82) is 0 Å². The first-order valence-corrected chi connectivity index (χ1v) is 10.7. The van der Waals surface area contributed by atoms with Crippen molar-refractivity contribution in [3.63, 3.8) is 0 Å². The molecule has 8 heteroatoms. The van der Waals surface area contributed by atoms with Gasteiger partial charge in [-0.05, 0) is 50.0 Å². The molecule has 32 heavy (non-hydrogen) atoms. The summed E-state index contributed by atoms with van der Waals surface area (Å²) >= 11 is 0. The summed E-state index contributed by atoms with van der Waals surface area (Å²) in [6, 6.07) is 16.7. The monoisotopic (exact) mass is 429 g/mol. The Balaban J connectivity index is 1.42. The standard InChI is InChI=1S/C24H27N7O/c1-29-11-12-30(2)22(16-29)17-5-4-6-19(13-17)27-24-26-15-20-8-9-21(31(20)28-24)18-7-10-23(32-3)25-14-18/h4-10,13-15,22H,11-12,16H2,1-3H3,(H,27,28). The number of fused-ring (bicyclic) bond motifs is 1. The van der Waals surface area contributed by atoms with Crippen LogP contribution >= 0.6 is 0 Å². The summed E-state index contributed by atoms with van der Waals surface area (Å²) in [7, 11) is 5.98. The van der Waals surface area contributed by atoms with E-state index >= 15 is 0 Å². The summed E-state index contributed by atoms with van der Waals surface area (Å²) in [5.74, 6) is 1.13. The van der Waals surface area contributed by atoms with Gasteiger partial charge in [0.25, 0.3) is 0 Å². The van der Waals surface area contributed by atoms with E-state index in [1.165, 1.54) is 5.56 Å². The van der Waals surface area contributed by atoms with Crippen molar-refractivity contribution in [2.45, 2.75) is 6.04 Å². The predicted octanol–water partition coefficient (Wildman–Crippen LogP) is 3.46. The third-order valence-corrected chi connectivity index (χ3v) is 6.02.